The van der Waals surface area contributed by atoms with Crippen LogP contribution in [0.15, 0.2) is 160 Å². The maximum absolute atomic E-state index is 6.45. The molecule has 0 spiro atoms. The molecule has 0 fully saturated rings. The van der Waals surface area contributed by atoms with Gasteiger partial charge < -0.3 is 8.98 Å². The second-order valence-electron chi connectivity index (χ2n) is 12.9. The fourth-order valence-corrected chi connectivity index (χ4v) is 9.42. The van der Waals surface area contributed by atoms with Crippen molar-refractivity contribution < 1.29 is 4.42 Å². The lowest BCUT2D eigenvalue weighted by molar-refractivity contribution is 0.669. The third-order valence-electron chi connectivity index (χ3n) is 10.3. The molecular formula is C44H24N4OS. The van der Waals surface area contributed by atoms with Crippen molar-refractivity contribution in [2.75, 3.05) is 0 Å². The van der Waals surface area contributed by atoms with Gasteiger partial charge in [0.05, 0.1) is 33.3 Å². The lowest BCUT2D eigenvalue weighted by Gasteiger charge is -2.20. The van der Waals surface area contributed by atoms with Gasteiger partial charge in [0.1, 0.15) is 11.2 Å². The molecule has 6 heteroatoms. The zero-order valence-corrected chi connectivity index (χ0v) is 27.3. The molecule has 4 aromatic heterocycles. The number of hydrogen-bond acceptors (Lipinski definition) is 4. The molecule has 0 radical (unpaired) electrons. The van der Waals surface area contributed by atoms with Crippen LogP contribution in [-0.4, -0.2) is 19.1 Å². The lowest BCUT2D eigenvalue weighted by Crippen LogP contribution is -2.05. The van der Waals surface area contributed by atoms with Crippen molar-refractivity contribution in [3.05, 3.63) is 146 Å². The highest BCUT2D eigenvalue weighted by molar-refractivity contribution is 7.99. The molecule has 0 aliphatic carbocycles. The van der Waals surface area contributed by atoms with E-state index in [-0.39, 0.29) is 0 Å². The van der Waals surface area contributed by atoms with Gasteiger partial charge in [0.2, 0.25) is 5.95 Å². The van der Waals surface area contributed by atoms with Crippen molar-refractivity contribution in [3.63, 3.8) is 0 Å². The van der Waals surface area contributed by atoms with Gasteiger partial charge in [-0.25, -0.2) is 9.97 Å². The van der Waals surface area contributed by atoms with Crippen LogP contribution < -0.4 is 0 Å². The first-order valence-corrected chi connectivity index (χ1v) is 17.6. The zero-order chi connectivity index (χ0) is 32.5. The topological polar surface area (TPSA) is 48.8 Å². The minimum Gasteiger partial charge on any atom is -0.456 e. The van der Waals surface area contributed by atoms with Crippen LogP contribution in [-0.2, 0) is 0 Å². The Hall–Kier alpha value is -6.37. The van der Waals surface area contributed by atoms with Gasteiger partial charge in [0.15, 0.2) is 0 Å². The normalized spacial score (nSPS) is 12.7. The van der Waals surface area contributed by atoms with Crippen molar-refractivity contribution in [1.82, 2.24) is 19.1 Å². The average Bonchev–Trinajstić information content (AvgIpc) is 3.82. The van der Waals surface area contributed by atoms with Crippen LogP contribution in [0.5, 0.6) is 0 Å². The number of nitrogens with zero attached hydrogens (tertiary/aromatic N) is 4. The Morgan fingerprint density at radius 1 is 0.460 bits per heavy atom. The molecule has 5 nitrogen and oxygen atoms in total. The Balaban J connectivity index is 1.33. The van der Waals surface area contributed by atoms with Gasteiger partial charge in [-0.15, -0.1) is 0 Å². The van der Waals surface area contributed by atoms with Crippen molar-refractivity contribution >= 4 is 88.2 Å². The molecule has 1 aliphatic heterocycles. The van der Waals surface area contributed by atoms with E-state index >= 15 is 0 Å². The molecule has 0 amide bonds. The SMILES string of the molecule is c1ccc(-n2c3ccccc3c3c2ccc2c4c5c(ccc4n(-c4nc6c7c(cccc7n4)Sc4ccccc4-6)c23)oc2ccccc25)cc1. The molecule has 0 bridgehead atoms. The average molecular weight is 657 g/mol. The van der Waals surface area contributed by atoms with Crippen molar-refractivity contribution in [2.45, 2.75) is 9.79 Å². The Kier molecular flexibility index (Phi) is 5.11. The Morgan fingerprint density at radius 2 is 1.22 bits per heavy atom. The van der Waals surface area contributed by atoms with Gasteiger partial charge in [-0.2, -0.15) is 0 Å². The summed E-state index contributed by atoms with van der Waals surface area (Å²) >= 11 is 1.79. The zero-order valence-electron chi connectivity index (χ0n) is 26.5. The highest BCUT2D eigenvalue weighted by atomic mass is 32.2. The largest absolute Gasteiger partial charge is 0.456 e. The minimum absolute atomic E-state index is 0.655. The van der Waals surface area contributed by atoms with E-state index in [0.29, 0.717) is 5.95 Å². The maximum Gasteiger partial charge on any atom is 0.235 e. The van der Waals surface area contributed by atoms with Gasteiger partial charge in [-0.3, -0.25) is 4.57 Å². The van der Waals surface area contributed by atoms with E-state index in [9.17, 15) is 0 Å². The molecule has 11 aromatic rings. The number of furan rings is 1. The maximum atomic E-state index is 6.45. The number of benzene rings is 7. The van der Waals surface area contributed by atoms with Crippen molar-refractivity contribution in [3.8, 4) is 22.9 Å². The van der Waals surface area contributed by atoms with Crippen LogP contribution in [0.2, 0.25) is 0 Å². The van der Waals surface area contributed by atoms with E-state index in [4.69, 9.17) is 14.4 Å². The molecule has 7 aromatic carbocycles. The van der Waals surface area contributed by atoms with Crippen LogP contribution in [0.4, 0.5) is 0 Å². The quantitative estimate of drug-likeness (QED) is 0.186. The summed E-state index contributed by atoms with van der Waals surface area (Å²) in [6.07, 6.45) is 0. The summed E-state index contributed by atoms with van der Waals surface area (Å²) in [7, 11) is 0. The fraction of sp³-hybridized carbons (Fsp3) is 0. The molecule has 232 valence electrons. The minimum atomic E-state index is 0.655. The van der Waals surface area contributed by atoms with Gasteiger partial charge in [-0.1, -0.05) is 96.7 Å². The van der Waals surface area contributed by atoms with Crippen LogP contribution in [0, 0.1) is 0 Å². The van der Waals surface area contributed by atoms with E-state index in [0.717, 1.165) is 82.6 Å². The highest BCUT2D eigenvalue weighted by Gasteiger charge is 2.27. The first-order valence-electron chi connectivity index (χ1n) is 16.8. The van der Waals surface area contributed by atoms with Gasteiger partial charge in [0, 0.05) is 58.7 Å². The molecule has 0 saturated heterocycles. The van der Waals surface area contributed by atoms with E-state index in [1.165, 1.54) is 20.6 Å². The number of hydrogen-bond donors (Lipinski definition) is 0. The van der Waals surface area contributed by atoms with Gasteiger partial charge in [-0.05, 0) is 60.7 Å². The number of aromatic nitrogens is 4. The number of para-hydroxylation sites is 3. The predicted molar refractivity (Wildman–Crippen MR) is 205 cm³/mol. The standard InChI is InChI=1S/C44H24N4OS/c1-2-11-25(12-3-1)47-31-17-7-4-13-26(31)39-33(47)22-21-29-38-32(23-24-35-40(38)27-14-5-8-18-34(27)49-35)48(43(29)39)44-45-30-16-10-20-37-41(30)42(46-44)28-15-6-9-19-36(28)50-37/h1-24H. The Labute approximate surface area is 289 Å². The summed E-state index contributed by atoms with van der Waals surface area (Å²) in [6.45, 7) is 0. The van der Waals surface area contributed by atoms with Crippen LogP contribution in [0.25, 0.3) is 99.3 Å². The summed E-state index contributed by atoms with van der Waals surface area (Å²) in [4.78, 5) is 13.3. The molecule has 0 unspecified atom stereocenters. The molecule has 5 heterocycles. The molecule has 0 saturated carbocycles. The summed E-state index contributed by atoms with van der Waals surface area (Å²) in [5, 5.41) is 7.95. The van der Waals surface area contributed by atoms with Crippen molar-refractivity contribution in [1.29, 1.82) is 0 Å². The van der Waals surface area contributed by atoms with E-state index in [1.54, 1.807) is 11.8 Å². The third kappa shape index (κ3) is 3.38. The molecule has 1 aliphatic rings. The van der Waals surface area contributed by atoms with Gasteiger partial charge in [0.25, 0.3) is 0 Å². The second-order valence-corrected chi connectivity index (χ2v) is 14.0. The van der Waals surface area contributed by atoms with Crippen molar-refractivity contribution in [2.24, 2.45) is 0 Å². The fourth-order valence-electron chi connectivity index (χ4n) is 8.31. The van der Waals surface area contributed by atoms with E-state index < -0.39 is 0 Å². The highest BCUT2D eigenvalue weighted by Crippen LogP contribution is 2.49. The number of rotatable bonds is 2. The summed E-state index contributed by atoms with van der Waals surface area (Å²) in [5.74, 6) is 0.655. The smallest absolute Gasteiger partial charge is 0.235 e. The molecular weight excluding hydrogens is 633 g/mol. The summed E-state index contributed by atoms with van der Waals surface area (Å²) in [6, 6.07) is 51.5. The number of fused-ring (bicyclic) bond motifs is 13. The Morgan fingerprint density at radius 3 is 2.16 bits per heavy atom. The molecule has 50 heavy (non-hydrogen) atoms. The first-order chi connectivity index (χ1) is 24.8. The van der Waals surface area contributed by atoms with Crippen LogP contribution >= 0.6 is 11.8 Å². The Bertz CT molecular complexity index is 3240. The third-order valence-corrected chi connectivity index (χ3v) is 11.5. The first kappa shape index (κ1) is 26.6. The molecule has 0 N–H and O–H groups in total. The van der Waals surface area contributed by atoms with Gasteiger partial charge >= 0.3 is 0 Å². The predicted octanol–water partition coefficient (Wildman–Crippen LogP) is 11.9. The second kappa shape index (κ2) is 9.62. The van der Waals surface area contributed by atoms with E-state index in [2.05, 4.69) is 149 Å². The summed E-state index contributed by atoms with van der Waals surface area (Å²) < 4.78 is 11.1. The summed E-state index contributed by atoms with van der Waals surface area (Å²) in [5.41, 5.74) is 10.3. The monoisotopic (exact) mass is 656 g/mol. The van der Waals surface area contributed by atoms with Crippen LogP contribution in [0.3, 0.4) is 0 Å². The molecule has 0 atom stereocenters. The van der Waals surface area contributed by atoms with E-state index in [1.807, 2.05) is 6.07 Å². The van der Waals surface area contributed by atoms with Crippen LogP contribution in [0.1, 0.15) is 0 Å². The lowest BCUT2D eigenvalue weighted by atomic mass is 10.0. The molecule has 12 rings (SSSR count).